The molecule has 1 aliphatic rings. The van der Waals surface area contributed by atoms with Gasteiger partial charge >= 0.3 is 0 Å². The molecule has 0 aliphatic carbocycles. The third-order valence-corrected chi connectivity index (χ3v) is 3.94. The normalized spacial score (nSPS) is 15.8. The number of aromatic nitrogens is 5. The number of rotatable bonds is 2. The van der Waals surface area contributed by atoms with E-state index in [1.54, 1.807) is 12.4 Å². The molecule has 0 unspecified atom stereocenters. The maximum Gasteiger partial charge on any atom is 0.134 e. The topological polar surface area (TPSA) is 59.7 Å². The summed E-state index contributed by atoms with van der Waals surface area (Å²) < 4.78 is 2.14. The minimum atomic E-state index is 0.935. The van der Waals surface area contributed by atoms with E-state index < -0.39 is 0 Å². The van der Waals surface area contributed by atoms with Gasteiger partial charge in [-0.2, -0.15) is 0 Å². The van der Waals surface area contributed by atoms with Crippen LogP contribution in [-0.4, -0.2) is 42.7 Å². The van der Waals surface area contributed by atoms with Gasteiger partial charge in [0.2, 0.25) is 0 Å². The van der Waals surface area contributed by atoms with E-state index in [4.69, 9.17) is 0 Å². The fourth-order valence-electron chi connectivity index (χ4n) is 2.80. The molecule has 3 aromatic rings. The standard InChI is InChI=1S/C15H16N6/c1-2-13-14(17-5-4-16-13)9-12(1)10-20-6-3-15-19-18-11-21(15)8-7-20/h1-2,4-5,9,11H,3,6-8,10H2. The summed E-state index contributed by atoms with van der Waals surface area (Å²) >= 11 is 0. The van der Waals surface area contributed by atoms with E-state index in [-0.39, 0.29) is 0 Å². The molecule has 21 heavy (non-hydrogen) atoms. The molecule has 0 amide bonds. The molecule has 1 aliphatic heterocycles. The van der Waals surface area contributed by atoms with Gasteiger partial charge in [-0.1, -0.05) is 6.07 Å². The Morgan fingerprint density at radius 2 is 1.90 bits per heavy atom. The SMILES string of the molecule is c1cnc2cc(CN3CCc4nncn4CC3)ccc2n1. The van der Waals surface area contributed by atoms with E-state index in [1.807, 2.05) is 12.4 Å². The molecule has 0 saturated heterocycles. The number of fused-ring (bicyclic) bond motifs is 2. The Morgan fingerprint density at radius 3 is 2.86 bits per heavy atom. The van der Waals surface area contributed by atoms with Gasteiger partial charge < -0.3 is 4.57 Å². The number of hydrogen-bond donors (Lipinski definition) is 0. The second kappa shape index (κ2) is 5.21. The molecule has 2 aromatic heterocycles. The van der Waals surface area contributed by atoms with E-state index in [2.05, 4.69) is 41.8 Å². The molecule has 6 heteroatoms. The fraction of sp³-hybridized carbons (Fsp3) is 0.333. The molecule has 0 atom stereocenters. The summed E-state index contributed by atoms with van der Waals surface area (Å²) in [7, 11) is 0. The summed E-state index contributed by atoms with van der Waals surface area (Å²) in [4.78, 5) is 11.1. The van der Waals surface area contributed by atoms with Gasteiger partial charge in [0.25, 0.3) is 0 Å². The first-order valence-electron chi connectivity index (χ1n) is 7.17. The van der Waals surface area contributed by atoms with Crippen LogP contribution in [0.1, 0.15) is 11.4 Å². The molecule has 6 nitrogen and oxygen atoms in total. The van der Waals surface area contributed by atoms with Crippen molar-refractivity contribution in [3.63, 3.8) is 0 Å². The van der Waals surface area contributed by atoms with E-state index in [1.165, 1.54) is 5.56 Å². The Morgan fingerprint density at radius 1 is 1.00 bits per heavy atom. The van der Waals surface area contributed by atoms with Crippen LogP contribution in [0, 0.1) is 0 Å². The van der Waals surface area contributed by atoms with Crippen LogP contribution in [0.2, 0.25) is 0 Å². The largest absolute Gasteiger partial charge is 0.316 e. The van der Waals surface area contributed by atoms with Crippen LogP contribution < -0.4 is 0 Å². The van der Waals surface area contributed by atoms with Crippen LogP contribution in [-0.2, 0) is 19.5 Å². The first-order valence-corrected chi connectivity index (χ1v) is 7.17. The molecule has 0 bridgehead atoms. The summed E-state index contributed by atoms with van der Waals surface area (Å²) in [6.45, 7) is 3.92. The molecule has 0 radical (unpaired) electrons. The van der Waals surface area contributed by atoms with Gasteiger partial charge in [0, 0.05) is 45.0 Å². The Bertz CT molecular complexity index is 743. The van der Waals surface area contributed by atoms with Gasteiger partial charge in [-0.25, -0.2) is 0 Å². The highest BCUT2D eigenvalue weighted by Gasteiger charge is 2.15. The summed E-state index contributed by atoms with van der Waals surface area (Å²) in [6.07, 6.45) is 6.24. The van der Waals surface area contributed by atoms with Gasteiger partial charge in [0.15, 0.2) is 0 Å². The Labute approximate surface area is 122 Å². The minimum Gasteiger partial charge on any atom is -0.316 e. The third kappa shape index (κ3) is 2.50. The van der Waals surface area contributed by atoms with Gasteiger partial charge in [0.05, 0.1) is 11.0 Å². The zero-order chi connectivity index (χ0) is 14.1. The predicted molar refractivity (Wildman–Crippen MR) is 78.5 cm³/mol. The third-order valence-electron chi connectivity index (χ3n) is 3.94. The number of hydrogen-bond acceptors (Lipinski definition) is 5. The number of benzene rings is 1. The van der Waals surface area contributed by atoms with Gasteiger partial charge in [-0.05, 0) is 17.7 Å². The van der Waals surface area contributed by atoms with Crippen LogP contribution in [0.15, 0.2) is 36.9 Å². The second-order valence-electron chi connectivity index (χ2n) is 5.35. The molecule has 4 rings (SSSR count). The van der Waals surface area contributed by atoms with Crippen molar-refractivity contribution in [1.29, 1.82) is 0 Å². The van der Waals surface area contributed by atoms with E-state index >= 15 is 0 Å². The predicted octanol–water partition coefficient (Wildman–Crippen LogP) is 1.28. The Hall–Kier alpha value is -2.34. The van der Waals surface area contributed by atoms with Crippen LogP contribution in [0.5, 0.6) is 0 Å². The number of nitrogens with zero attached hydrogens (tertiary/aromatic N) is 6. The van der Waals surface area contributed by atoms with Crippen LogP contribution in [0.3, 0.4) is 0 Å². The van der Waals surface area contributed by atoms with Gasteiger partial charge in [-0.15, -0.1) is 10.2 Å². The maximum absolute atomic E-state index is 4.37. The van der Waals surface area contributed by atoms with Crippen molar-refractivity contribution in [2.75, 3.05) is 13.1 Å². The molecule has 0 spiro atoms. The smallest absolute Gasteiger partial charge is 0.134 e. The van der Waals surface area contributed by atoms with Crippen LogP contribution >= 0.6 is 0 Å². The maximum atomic E-state index is 4.37. The zero-order valence-electron chi connectivity index (χ0n) is 11.7. The lowest BCUT2D eigenvalue weighted by molar-refractivity contribution is 0.271. The van der Waals surface area contributed by atoms with E-state index in [0.717, 1.165) is 49.5 Å². The Kier molecular flexibility index (Phi) is 3.08. The van der Waals surface area contributed by atoms with Crippen LogP contribution in [0.4, 0.5) is 0 Å². The molecule has 106 valence electrons. The first-order chi connectivity index (χ1) is 10.4. The molecule has 0 fully saturated rings. The monoisotopic (exact) mass is 280 g/mol. The van der Waals surface area contributed by atoms with Crippen molar-refractivity contribution in [2.45, 2.75) is 19.5 Å². The summed E-state index contributed by atoms with van der Waals surface area (Å²) in [5, 5.41) is 8.14. The molecular weight excluding hydrogens is 264 g/mol. The lowest BCUT2D eigenvalue weighted by Gasteiger charge is -2.19. The zero-order valence-corrected chi connectivity index (χ0v) is 11.7. The lowest BCUT2D eigenvalue weighted by Crippen LogP contribution is -2.26. The average molecular weight is 280 g/mol. The fourth-order valence-corrected chi connectivity index (χ4v) is 2.80. The highest BCUT2D eigenvalue weighted by molar-refractivity contribution is 5.74. The van der Waals surface area contributed by atoms with Crippen molar-refractivity contribution in [3.05, 3.63) is 48.3 Å². The second-order valence-corrected chi connectivity index (χ2v) is 5.35. The lowest BCUT2D eigenvalue weighted by atomic mass is 10.1. The molecule has 0 N–H and O–H groups in total. The average Bonchev–Trinajstić information content (AvgIpc) is 2.89. The van der Waals surface area contributed by atoms with Gasteiger partial charge in [-0.3, -0.25) is 14.9 Å². The molecule has 3 heterocycles. The van der Waals surface area contributed by atoms with Crippen molar-refractivity contribution in [1.82, 2.24) is 29.6 Å². The summed E-state index contributed by atoms with van der Waals surface area (Å²) in [5.41, 5.74) is 3.19. The van der Waals surface area contributed by atoms with Crippen LogP contribution in [0.25, 0.3) is 11.0 Å². The highest BCUT2D eigenvalue weighted by atomic mass is 15.3. The van der Waals surface area contributed by atoms with E-state index in [9.17, 15) is 0 Å². The van der Waals surface area contributed by atoms with Gasteiger partial charge in [0.1, 0.15) is 12.2 Å². The quantitative estimate of drug-likeness (QED) is 0.707. The van der Waals surface area contributed by atoms with Crippen molar-refractivity contribution in [3.8, 4) is 0 Å². The van der Waals surface area contributed by atoms with Crippen molar-refractivity contribution < 1.29 is 0 Å². The van der Waals surface area contributed by atoms with Crippen molar-refractivity contribution in [2.24, 2.45) is 0 Å². The minimum absolute atomic E-state index is 0.935. The molecular formula is C15H16N6. The summed E-state index contributed by atoms with van der Waals surface area (Å²) in [6, 6.07) is 6.32. The first kappa shape index (κ1) is 12.4. The summed E-state index contributed by atoms with van der Waals surface area (Å²) in [5.74, 6) is 1.09. The Balaban J connectivity index is 1.51. The highest BCUT2D eigenvalue weighted by Crippen LogP contribution is 2.14. The van der Waals surface area contributed by atoms with Crippen molar-refractivity contribution >= 4 is 11.0 Å². The molecule has 1 aromatic carbocycles. The van der Waals surface area contributed by atoms with E-state index in [0.29, 0.717) is 0 Å². The molecule has 0 saturated carbocycles.